The molecule has 0 bridgehead atoms. The number of benzene rings is 1. The van der Waals surface area contributed by atoms with Gasteiger partial charge < -0.3 is 5.32 Å². The Morgan fingerprint density at radius 1 is 1.27 bits per heavy atom. The lowest BCUT2D eigenvalue weighted by atomic mass is 10.1. The maximum absolute atomic E-state index is 13.6. The number of alkyl halides is 3. The number of hydrogen-bond donors (Lipinski definition) is 1. The van der Waals surface area contributed by atoms with E-state index < -0.39 is 34.0 Å². The number of halogens is 3. The molecule has 0 saturated heterocycles. The van der Waals surface area contributed by atoms with Crippen molar-refractivity contribution >= 4 is 11.6 Å². The second-order valence-electron chi connectivity index (χ2n) is 6.02. The third-order valence-electron chi connectivity index (χ3n) is 4.28. The molecule has 0 atom stereocenters. The van der Waals surface area contributed by atoms with E-state index in [9.17, 15) is 28.1 Å². The number of amides is 1. The van der Waals surface area contributed by atoms with Crippen LogP contribution in [-0.2, 0) is 6.18 Å². The molecule has 10 heteroatoms. The van der Waals surface area contributed by atoms with Crippen LogP contribution in [0.4, 0.5) is 18.9 Å². The minimum absolute atomic E-state index is 0.169. The van der Waals surface area contributed by atoms with Crippen molar-refractivity contribution in [3.63, 3.8) is 0 Å². The molecular formula is C16H15F3N4O3. The third kappa shape index (κ3) is 3.39. The van der Waals surface area contributed by atoms with Crippen LogP contribution < -0.4 is 5.32 Å². The first-order valence-electron chi connectivity index (χ1n) is 7.99. The topological polar surface area (TPSA) is 90.1 Å². The predicted molar refractivity (Wildman–Crippen MR) is 84.9 cm³/mol. The van der Waals surface area contributed by atoms with Gasteiger partial charge in [-0.3, -0.25) is 14.9 Å². The standard InChI is InChI=1S/C16H15F3N4O3/c17-16(18,19)14-11(15(24)21-10-5-1-2-6-10)9-20-22(14)12-7-3-4-8-13(12)23(25)26/h3-4,7-10H,1-2,5-6H2,(H,21,24). The van der Waals surface area contributed by atoms with Crippen LogP contribution >= 0.6 is 0 Å². The molecule has 1 aromatic carbocycles. The molecule has 1 aliphatic carbocycles. The van der Waals surface area contributed by atoms with Crippen LogP contribution in [0.25, 0.3) is 5.69 Å². The van der Waals surface area contributed by atoms with Crippen LogP contribution in [0.3, 0.4) is 0 Å². The van der Waals surface area contributed by atoms with Gasteiger partial charge in [0.1, 0.15) is 5.69 Å². The molecular weight excluding hydrogens is 353 g/mol. The van der Waals surface area contributed by atoms with Gasteiger partial charge in [-0.25, -0.2) is 4.68 Å². The summed E-state index contributed by atoms with van der Waals surface area (Å²) in [5, 5.41) is 17.3. The van der Waals surface area contributed by atoms with Crippen LogP contribution in [0.2, 0.25) is 0 Å². The number of para-hydroxylation sites is 2. The maximum Gasteiger partial charge on any atom is 0.434 e. The van der Waals surface area contributed by atoms with Crippen LogP contribution in [0.15, 0.2) is 30.5 Å². The first kappa shape index (κ1) is 17.9. The van der Waals surface area contributed by atoms with Crippen molar-refractivity contribution in [2.45, 2.75) is 37.9 Å². The van der Waals surface area contributed by atoms with Crippen molar-refractivity contribution in [2.75, 3.05) is 0 Å². The maximum atomic E-state index is 13.6. The molecule has 0 unspecified atom stereocenters. The molecule has 3 rings (SSSR count). The number of aromatic nitrogens is 2. The van der Waals surface area contributed by atoms with E-state index >= 15 is 0 Å². The lowest BCUT2D eigenvalue weighted by Crippen LogP contribution is -2.34. The van der Waals surface area contributed by atoms with Crippen LogP contribution in [-0.4, -0.2) is 26.7 Å². The number of carbonyl (C=O) groups excluding carboxylic acids is 1. The van der Waals surface area contributed by atoms with Crippen LogP contribution in [0.1, 0.15) is 41.7 Å². The van der Waals surface area contributed by atoms with E-state index in [2.05, 4.69) is 10.4 Å². The predicted octanol–water partition coefficient (Wildman–Crippen LogP) is 3.47. The van der Waals surface area contributed by atoms with Gasteiger partial charge in [-0.05, 0) is 18.9 Å². The first-order chi connectivity index (χ1) is 12.3. The summed E-state index contributed by atoms with van der Waals surface area (Å²) < 4.78 is 41.3. The Kier molecular flexibility index (Phi) is 4.66. The summed E-state index contributed by atoms with van der Waals surface area (Å²) in [7, 11) is 0. The summed E-state index contributed by atoms with van der Waals surface area (Å²) in [6.45, 7) is 0. The molecule has 0 radical (unpaired) electrons. The van der Waals surface area contributed by atoms with Gasteiger partial charge in [0.15, 0.2) is 5.69 Å². The van der Waals surface area contributed by atoms with E-state index in [1.807, 2.05) is 0 Å². The van der Waals surface area contributed by atoms with Crippen molar-refractivity contribution in [3.8, 4) is 5.69 Å². The van der Waals surface area contributed by atoms with Crippen molar-refractivity contribution < 1.29 is 22.9 Å². The lowest BCUT2D eigenvalue weighted by Gasteiger charge is -2.15. The number of carbonyl (C=O) groups is 1. The van der Waals surface area contributed by atoms with E-state index in [1.165, 1.54) is 12.1 Å². The Labute approximate surface area is 146 Å². The molecule has 1 aliphatic rings. The Balaban J connectivity index is 2.06. The minimum atomic E-state index is -4.91. The van der Waals surface area contributed by atoms with Gasteiger partial charge in [0.25, 0.3) is 11.6 Å². The lowest BCUT2D eigenvalue weighted by molar-refractivity contribution is -0.384. The second kappa shape index (κ2) is 6.77. The molecule has 2 aromatic rings. The number of nitro benzene ring substituents is 1. The molecule has 1 amide bonds. The molecule has 26 heavy (non-hydrogen) atoms. The summed E-state index contributed by atoms with van der Waals surface area (Å²) in [4.78, 5) is 22.7. The Morgan fingerprint density at radius 2 is 1.92 bits per heavy atom. The monoisotopic (exact) mass is 368 g/mol. The molecule has 1 aromatic heterocycles. The van der Waals surface area contributed by atoms with Gasteiger partial charge in [0, 0.05) is 12.1 Å². The summed E-state index contributed by atoms with van der Waals surface area (Å²) in [6, 6.07) is 4.77. The summed E-state index contributed by atoms with van der Waals surface area (Å²) in [5.41, 5.74) is -2.88. The van der Waals surface area contributed by atoms with Crippen molar-refractivity contribution in [2.24, 2.45) is 0 Å². The molecule has 0 spiro atoms. The highest BCUT2D eigenvalue weighted by Crippen LogP contribution is 2.35. The van der Waals surface area contributed by atoms with Gasteiger partial charge in [-0.15, -0.1) is 0 Å². The zero-order chi connectivity index (χ0) is 18.9. The van der Waals surface area contributed by atoms with Crippen LogP contribution in [0.5, 0.6) is 0 Å². The van der Waals surface area contributed by atoms with E-state index in [-0.39, 0.29) is 11.7 Å². The molecule has 7 nitrogen and oxygen atoms in total. The Morgan fingerprint density at radius 3 is 2.54 bits per heavy atom. The van der Waals surface area contributed by atoms with Crippen molar-refractivity contribution in [1.82, 2.24) is 15.1 Å². The molecule has 1 N–H and O–H groups in total. The Hall–Kier alpha value is -2.91. The third-order valence-corrected chi connectivity index (χ3v) is 4.28. The normalized spacial score (nSPS) is 15.2. The average molecular weight is 368 g/mol. The quantitative estimate of drug-likeness (QED) is 0.661. The van der Waals surface area contributed by atoms with E-state index in [4.69, 9.17) is 0 Å². The number of nitrogens with one attached hydrogen (secondary N) is 1. The zero-order valence-electron chi connectivity index (χ0n) is 13.5. The molecule has 1 heterocycles. The fourth-order valence-electron chi connectivity index (χ4n) is 3.10. The highest BCUT2D eigenvalue weighted by molar-refractivity contribution is 5.95. The van der Waals surface area contributed by atoms with Gasteiger partial charge in [0.2, 0.25) is 0 Å². The van der Waals surface area contributed by atoms with Gasteiger partial charge in [0.05, 0.1) is 16.7 Å². The smallest absolute Gasteiger partial charge is 0.349 e. The molecule has 1 fully saturated rings. The number of nitrogens with zero attached hydrogens (tertiary/aromatic N) is 3. The van der Waals surface area contributed by atoms with Crippen molar-refractivity contribution in [3.05, 3.63) is 51.8 Å². The number of rotatable bonds is 4. The van der Waals surface area contributed by atoms with Crippen LogP contribution in [0, 0.1) is 10.1 Å². The highest BCUT2D eigenvalue weighted by Gasteiger charge is 2.41. The molecule has 1 saturated carbocycles. The fraction of sp³-hybridized carbons (Fsp3) is 0.375. The van der Waals surface area contributed by atoms with E-state index in [1.54, 1.807) is 0 Å². The highest BCUT2D eigenvalue weighted by atomic mass is 19.4. The van der Waals surface area contributed by atoms with Gasteiger partial charge in [-0.1, -0.05) is 25.0 Å². The first-order valence-corrected chi connectivity index (χ1v) is 7.99. The second-order valence-corrected chi connectivity index (χ2v) is 6.02. The van der Waals surface area contributed by atoms with Gasteiger partial charge in [-0.2, -0.15) is 18.3 Å². The molecule has 0 aliphatic heterocycles. The number of hydrogen-bond acceptors (Lipinski definition) is 4. The molecule has 138 valence electrons. The van der Waals surface area contributed by atoms with E-state index in [0.29, 0.717) is 17.5 Å². The van der Waals surface area contributed by atoms with E-state index in [0.717, 1.165) is 31.2 Å². The van der Waals surface area contributed by atoms with Crippen molar-refractivity contribution in [1.29, 1.82) is 0 Å². The minimum Gasteiger partial charge on any atom is -0.349 e. The Bertz CT molecular complexity index is 842. The zero-order valence-corrected chi connectivity index (χ0v) is 13.5. The summed E-state index contributed by atoms with van der Waals surface area (Å²) in [6.07, 6.45) is -0.873. The largest absolute Gasteiger partial charge is 0.434 e. The van der Waals surface area contributed by atoms with Gasteiger partial charge >= 0.3 is 6.18 Å². The summed E-state index contributed by atoms with van der Waals surface area (Å²) >= 11 is 0. The SMILES string of the molecule is O=C(NC1CCCC1)c1cnn(-c2ccccc2[N+](=O)[O-])c1C(F)(F)F. The average Bonchev–Trinajstić information content (AvgIpc) is 3.23. The number of nitro groups is 1. The summed E-state index contributed by atoms with van der Waals surface area (Å²) in [5.74, 6) is -0.881. The fourth-order valence-corrected chi connectivity index (χ4v) is 3.10.